The summed E-state index contributed by atoms with van der Waals surface area (Å²) in [7, 11) is 0. The van der Waals surface area contributed by atoms with Crippen LogP contribution in [0, 0.1) is 6.92 Å². The monoisotopic (exact) mass is 208 g/mol. The molecule has 1 aromatic heterocycles. The molecule has 0 spiro atoms. The third-order valence-electron chi connectivity index (χ3n) is 3.11. The quantitative estimate of drug-likeness (QED) is 0.696. The Bertz CT molecular complexity index is 299. The van der Waals surface area contributed by atoms with Gasteiger partial charge < -0.3 is 16.0 Å². The van der Waals surface area contributed by atoms with E-state index < -0.39 is 0 Å². The Morgan fingerprint density at radius 2 is 2.20 bits per heavy atom. The lowest BCUT2D eigenvalue weighted by molar-refractivity contribution is 0.341. The molecule has 2 rings (SSSR count). The molecule has 1 aliphatic carbocycles. The maximum absolute atomic E-state index is 5.86. The van der Waals surface area contributed by atoms with E-state index in [1.807, 2.05) is 13.1 Å². The van der Waals surface area contributed by atoms with Crippen molar-refractivity contribution in [3.63, 3.8) is 0 Å². The minimum absolute atomic E-state index is 0.428. The fourth-order valence-electron chi connectivity index (χ4n) is 2.14. The van der Waals surface area contributed by atoms with Crippen LogP contribution >= 0.6 is 0 Å². The lowest BCUT2D eigenvalue weighted by atomic mass is 9.92. The summed E-state index contributed by atoms with van der Waals surface area (Å²) in [5.74, 6) is 0.984. The van der Waals surface area contributed by atoms with Gasteiger partial charge in [-0.05, 0) is 32.6 Å². The van der Waals surface area contributed by atoms with Crippen LogP contribution in [0.5, 0.6) is 0 Å². The molecular weight excluding hydrogens is 188 g/mol. The van der Waals surface area contributed by atoms with Crippen molar-refractivity contribution in [1.29, 1.82) is 0 Å². The van der Waals surface area contributed by atoms with Crippen molar-refractivity contribution in [3.05, 3.63) is 17.7 Å². The van der Waals surface area contributed by atoms with Gasteiger partial charge in [0.25, 0.3) is 0 Å². The third kappa shape index (κ3) is 3.04. The summed E-state index contributed by atoms with van der Waals surface area (Å²) < 4.78 is 0. The molecule has 0 radical (unpaired) electrons. The van der Waals surface area contributed by atoms with E-state index in [9.17, 15) is 0 Å². The van der Waals surface area contributed by atoms with Crippen molar-refractivity contribution in [1.82, 2.24) is 15.3 Å². The van der Waals surface area contributed by atoms with Gasteiger partial charge in [0.05, 0.1) is 0 Å². The zero-order valence-electron chi connectivity index (χ0n) is 9.29. The number of nitrogens with one attached hydrogen (secondary N) is 2. The Hall–Kier alpha value is -0.870. The molecule has 1 aromatic rings. The SMILES string of the molecule is Cc1ncc(CNC2CCC(N)CC2)[nH]1. The van der Waals surface area contributed by atoms with Gasteiger partial charge in [-0.1, -0.05) is 0 Å². The Morgan fingerprint density at radius 3 is 2.80 bits per heavy atom. The van der Waals surface area contributed by atoms with Crippen LogP contribution in [0.15, 0.2) is 6.20 Å². The Morgan fingerprint density at radius 1 is 1.47 bits per heavy atom. The number of aromatic nitrogens is 2. The third-order valence-corrected chi connectivity index (χ3v) is 3.11. The van der Waals surface area contributed by atoms with Crippen LogP contribution in [-0.2, 0) is 6.54 Å². The Balaban J connectivity index is 1.74. The van der Waals surface area contributed by atoms with E-state index in [0.29, 0.717) is 12.1 Å². The lowest BCUT2D eigenvalue weighted by Crippen LogP contribution is -2.37. The number of nitrogens with two attached hydrogens (primary N) is 1. The predicted molar refractivity (Wildman–Crippen MR) is 60.4 cm³/mol. The zero-order valence-corrected chi connectivity index (χ0v) is 9.29. The average Bonchev–Trinajstić information content (AvgIpc) is 2.64. The van der Waals surface area contributed by atoms with E-state index in [2.05, 4.69) is 15.3 Å². The number of imidazole rings is 1. The molecule has 4 heteroatoms. The molecule has 1 saturated carbocycles. The van der Waals surface area contributed by atoms with Crippen LogP contribution in [0.2, 0.25) is 0 Å². The van der Waals surface area contributed by atoms with E-state index in [-0.39, 0.29) is 0 Å². The molecule has 0 unspecified atom stereocenters. The van der Waals surface area contributed by atoms with Gasteiger partial charge in [0.1, 0.15) is 5.82 Å². The topological polar surface area (TPSA) is 66.7 Å². The molecule has 0 aliphatic heterocycles. The molecule has 1 fully saturated rings. The standard InChI is InChI=1S/C11H20N4/c1-8-13-6-11(15-8)7-14-10-4-2-9(12)3-5-10/h6,9-10,14H,2-5,7,12H2,1H3,(H,13,15). The van der Waals surface area contributed by atoms with E-state index in [1.165, 1.54) is 18.5 Å². The second-order valence-corrected chi connectivity index (χ2v) is 4.49. The van der Waals surface area contributed by atoms with Gasteiger partial charge in [-0.2, -0.15) is 0 Å². The minimum atomic E-state index is 0.428. The maximum Gasteiger partial charge on any atom is 0.103 e. The van der Waals surface area contributed by atoms with Gasteiger partial charge >= 0.3 is 0 Å². The second-order valence-electron chi connectivity index (χ2n) is 4.49. The first-order chi connectivity index (χ1) is 7.24. The fraction of sp³-hybridized carbons (Fsp3) is 0.727. The molecule has 4 nitrogen and oxygen atoms in total. The van der Waals surface area contributed by atoms with Crippen molar-refractivity contribution in [2.45, 2.75) is 51.2 Å². The largest absolute Gasteiger partial charge is 0.345 e. The van der Waals surface area contributed by atoms with Crippen LogP contribution in [0.4, 0.5) is 0 Å². The first-order valence-corrected chi connectivity index (χ1v) is 5.73. The Kier molecular flexibility index (Phi) is 3.38. The highest BCUT2D eigenvalue weighted by atomic mass is 15.0. The zero-order chi connectivity index (χ0) is 10.7. The van der Waals surface area contributed by atoms with Crippen LogP contribution < -0.4 is 11.1 Å². The van der Waals surface area contributed by atoms with Gasteiger partial charge in [0.15, 0.2) is 0 Å². The van der Waals surface area contributed by atoms with Gasteiger partial charge in [-0.3, -0.25) is 0 Å². The maximum atomic E-state index is 5.86. The van der Waals surface area contributed by atoms with E-state index in [1.54, 1.807) is 0 Å². The van der Waals surface area contributed by atoms with Crippen molar-refractivity contribution < 1.29 is 0 Å². The highest BCUT2D eigenvalue weighted by molar-refractivity contribution is 4.99. The van der Waals surface area contributed by atoms with Crippen molar-refractivity contribution in [2.24, 2.45) is 5.73 Å². The summed E-state index contributed by atoms with van der Waals surface area (Å²) in [5.41, 5.74) is 7.03. The summed E-state index contributed by atoms with van der Waals surface area (Å²) in [4.78, 5) is 7.40. The second kappa shape index (κ2) is 4.77. The summed E-state index contributed by atoms with van der Waals surface area (Å²) in [5, 5.41) is 3.54. The van der Waals surface area contributed by atoms with E-state index >= 15 is 0 Å². The molecular formula is C11H20N4. The molecule has 0 aromatic carbocycles. The molecule has 0 atom stereocenters. The molecule has 84 valence electrons. The average molecular weight is 208 g/mol. The molecule has 0 saturated heterocycles. The number of aryl methyl sites for hydroxylation is 1. The van der Waals surface area contributed by atoms with Crippen molar-refractivity contribution in [3.8, 4) is 0 Å². The lowest BCUT2D eigenvalue weighted by Gasteiger charge is -2.26. The number of rotatable bonds is 3. The molecule has 15 heavy (non-hydrogen) atoms. The number of H-pyrrole nitrogens is 1. The van der Waals surface area contributed by atoms with Gasteiger partial charge in [0, 0.05) is 30.5 Å². The van der Waals surface area contributed by atoms with Gasteiger partial charge in [-0.15, -0.1) is 0 Å². The molecule has 0 amide bonds. The van der Waals surface area contributed by atoms with Crippen molar-refractivity contribution in [2.75, 3.05) is 0 Å². The first kappa shape index (κ1) is 10.6. The van der Waals surface area contributed by atoms with E-state index in [0.717, 1.165) is 25.2 Å². The number of hydrogen-bond donors (Lipinski definition) is 3. The van der Waals surface area contributed by atoms with Crippen LogP contribution in [0.25, 0.3) is 0 Å². The summed E-state index contributed by atoms with van der Waals surface area (Å²) in [6.45, 7) is 2.86. The highest BCUT2D eigenvalue weighted by Crippen LogP contribution is 2.17. The number of hydrogen-bond acceptors (Lipinski definition) is 3. The van der Waals surface area contributed by atoms with Gasteiger partial charge in [0.2, 0.25) is 0 Å². The summed E-state index contributed by atoms with van der Waals surface area (Å²) >= 11 is 0. The number of aromatic amines is 1. The summed E-state index contributed by atoms with van der Waals surface area (Å²) in [6.07, 6.45) is 6.61. The first-order valence-electron chi connectivity index (χ1n) is 5.73. The minimum Gasteiger partial charge on any atom is -0.345 e. The van der Waals surface area contributed by atoms with Crippen LogP contribution in [0.1, 0.15) is 37.2 Å². The fourth-order valence-corrected chi connectivity index (χ4v) is 2.14. The normalized spacial score (nSPS) is 26.8. The number of nitrogens with zero attached hydrogens (tertiary/aromatic N) is 1. The summed E-state index contributed by atoms with van der Waals surface area (Å²) in [6, 6.07) is 1.06. The Labute approximate surface area is 90.7 Å². The predicted octanol–water partition coefficient (Wildman–Crippen LogP) is 1.08. The van der Waals surface area contributed by atoms with Gasteiger partial charge in [-0.25, -0.2) is 4.98 Å². The molecule has 1 aliphatic rings. The molecule has 4 N–H and O–H groups in total. The highest BCUT2D eigenvalue weighted by Gasteiger charge is 2.17. The van der Waals surface area contributed by atoms with Crippen molar-refractivity contribution >= 4 is 0 Å². The molecule has 1 heterocycles. The smallest absolute Gasteiger partial charge is 0.103 e. The van der Waals surface area contributed by atoms with Crippen LogP contribution in [-0.4, -0.2) is 22.1 Å². The molecule has 0 bridgehead atoms. The van der Waals surface area contributed by atoms with E-state index in [4.69, 9.17) is 5.73 Å². The van der Waals surface area contributed by atoms with Crippen LogP contribution in [0.3, 0.4) is 0 Å².